The van der Waals surface area contributed by atoms with E-state index in [2.05, 4.69) is 9.37 Å². The first-order chi connectivity index (χ1) is 14.2. The second kappa shape index (κ2) is 8.52. The lowest BCUT2D eigenvalue weighted by molar-refractivity contribution is -0.433. The lowest BCUT2D eigenvalue weighted by Crippen LogP contribution is -2.59. The van der Waals surface area contributed by atoms with Crippen LogP contribution in [-0.2, 0) is 28.4 Å². The van der Waals surface area contributed by atoms with Gasteiger partial charge < -0.3 is 9.47 Å². The van der Waals surface area contributed by atoms with Crippen LogP contribution in [0.5, 0.6) is 0 Å². The van der Waals surface area contributed by atoms with E-state index >= 15 is 0 Å². The Labute approximate surface area is 178 Å². The van der Waals surface area contributed by atoms with Crippen molar-refractivity contribution in [2.75, 3.05) is 6.61 Å². The number of rotatable bonds is 8. The second-order valence-electron chi connectivity index (χ2n) is 9.72. The molecule has 0 spiro atoms. The molecule has 0 heterocycles. The highest BCUT2D eigenvalue weighted by atomic mass is 32.2. The molecule has 0 radical (unpaired) electrons. The smallest absolute Gasteiger partial charge is 0.415 e. The van der Waals surface area contributed by atoms with Crippen molar-refractivity contribution < 1.29 is 42.5 Å². The van der Waals surface area contributed by atoms with Crippen LogP contribution in [0.25, 0.3) is 0 Å². The fourth-order valence-electron chi connectivity index (χ4n) is 6.68. The molecule has 0 amide bonds. The molecule has 10 heteroatoms. The first-order valence-corrected chi connectivity index (χ1v) is 11.4. The lowest BCUT2D eigenvalue weighted by atomic mass is 9.48. The van der Waals surface area contributed by atoms with Gasteiger partial charge in [-0.05, 0) is 63.2 Å². The maximum Gasteiger partial charge on any atom is 0.415 e. The Morgan fingerprint density at radius 3 is 2.37 bits per heavy atom. The van der Waals surface area contributed by atoms with Crippen LogP contribution < -0.4 is 0 Å². The van der Waals surface area contributed by atoms with Crippen LogP contribution in [0.2, 0.25) is 0 Å². The summed E-state index contributed by atoms with van der Waals surface area (Å²) < 4.78 is 42.3. The molecule has 0 aromatic carbocycles. The number of esters is 2. The van der Waals surface area contributed by atoms with Crippen LogP contribution in [0, 0.1) is 23.2 Å². The summed E-state index contributed by atoms with van der Waals surface area (Å²) in [5, 5.41) is 7.15. The standard InChI is InChI=1S/C20H28F2O7S/c21-20(22,30-29-28-25)17(24)26-12-18-7-13-6-14(8-18)10-19(9-13,11-18)27-16(23)15-4-2-1-3-5-15/h13-15,25H,1-12H2. The van der Waals surface area contributed by atoms with E-state index in [0.29, 0.717) is 18.3 Å². The van der Waals surface area contributed by atoms with Gasteiger partial charge in [0.25, 0.3) is 0 Å². The predicted molar refractivity (Wildman–Crippen MR) is 101 cm³/mol. The van der Waals surface area contributed by atoms with E-state index in [9.17, 15) is 18.4 Å². The van der Waals surface area contributed by atoms with Gasteiger partial charge in [-0.2, -0.15) is 8.78 Å². The van der Waals surface area contributed by atoms with E-state index in [1.54, 1.807) is 0 Å². The van der Waals surface area contributed by atoms with Gasteiger partial charge in [0.15, 0.2) is 0 Å². The summed E-state index contributed by atoms with van der Waals surface area (Å²) in [6.07, 6.45) is 9.80. The molecule has 1 N–H and O–H groups in total. The molecule has 5 aliphatic carbocycles. The molecule has 5 fully saturated rings. The number of ether oxygens (including phenoxy) is 2. The fourth-order valence-corrected chi connectivity index (χ4v) is 6.93. The van der Waals surface area contributed by atoms with Gasteiger partial charge in [-0.3, -0.25) is 4.79 Å². The molecule has 2 atom stereocenters. The minimum atomic E-state index is -4.00. The fraction of sp³-hybridized carbons (Fsp3) is 0.900. The molecule has 170 valence electrons. The van der Waals surface area contributed by atoms with Crippen molar-refractivity contribution in [1.82, 2.24) is 0 Å². The van der Waals surface area contributed by atoms with Crippen LogP contribution >= 0.6 is 12.0 Å². The number of halogens is 2. The highest BCUT2D eigenvalue weighted by molar-refractivity contribution is 7.96. The van der Waals surface area contributed by atoms with Crippen LogP contribution in [0.1, 0.15) is 70.6 Å². The number of carbonyl (C=O) groups is 2. The van der Waals surface area contributed by atoms with Crippen LogP contribution in [0.15, 0.2) is 0 Å². The first kappa shape index (κ1) is 22.2. The van der Waals surface area contributed by atoms with Gasteiger partial charge >= 0.3 is 17.2 Å². The minimum absolute atomic E-state index is 0.0370. The molecule has 5 saturated carbocycles. The van der Waals surface area contributed by atoms with Crippen molar-refractivity contribution in [1.29, 1.82) is 0 Å². The van der Waals surface area contributed by atoms with Crippen molar-refractivity contribution in [3.05, 3.63) is 0 Å². The Bertz CT molecular complexity index is 654. The summed E-state index contributed by atoms with van der Waals surface area (Å²) in [6.45, 7) is -0.141. The predicted octanol–water partition coefficient (Wildman–Crippen LogP) is 4.65. The molecule has 0 aromatic rings. The van der Waals surface area contributed by atoms with Crippen LogP contribution in [0.4, 0.5) is 8.78 Å². The molecule has 30 heavy (non-hydrogen) atoms. The average molecular weight is 451 g/mol. The zero-order valence-corrected chi connectivity index (χ0v) is 17.6. The van der Waals surface area contributed by atoms with Crippen molar-refractivity contribution in [3.8, 4) is 0 Å². The van der Waals surface area contributed by atoms with E-state index < -0.39 is 34.3 Å². The highest BCUT2D eigenvalue weighted by Gasteiger charge is 2.60. The maximum atomic E-state index is 13.7. The maximum absolute atomic E-state index is 13.7. The summed E-state index contributed by atoms with van der Waals surface area (Å²) in [5.41, 5.74) is -1.00. The molecule has 2 unspecified atom stereocenters. The third-order valence-electron chi connectivity index (χ3n) is 7.30. The molecule has 0 aliphatic heterocycles. The number of hydrogen-bond acceptors (Lipinski definition) is 8. The summed E-state index contributed by atoms with van der Waals surface area (Å²) in [5.74, 6) is -1.19. The van der Waals surface area contributed by atoms with Gasteiger partial charge in [-0.25, -0.2) is 10.1 Å². The minimum Gasteiger partial charge on any atom is -0.460 e. The Balaban J connectivity index is 1.41. The molecule has 0 saturated heterocycles. The van der Waals surface area contributed by atoms with Gasteiger partial charge in [0, 0.05) is 5.41 Å². The number of hydrogen-bond donors (Lipinski definition) is 1. The van der Waals surface area contributed by atoms with Crippen LogP contribution in [-0.4, -0.2) is 34.7 Å². The third-order valence-corrected chi connectivity index (χ3v) is 7.81. The number of carbonyl (C=O) groups excluding carboxylic acids is 2. The van der Waals surface area contributed by atoms with E-state index in [1.807, 2.05) is 0 Å². The van der Waals surface area contributed by atoms with E-state index in [0.717, 1.165) is 64.2 Å². The molecule has 5 aliphatic rings. The quantitative estimate of drug-likeness (QED) is 0.247. The van der Waals surface area contributed by atoms with Crippen molar-refractivity contribution in [3.63, 3.8) is 0 Å². The van der Waals surface area contributed by atoms with Crippen molar-refractivity contribution in [2.45, 2.75) is 81.5 Å². The Hall–Kier alpha value is -0.970. The molecule has 5 rings (SSSR count). The Morgan fingerprint density at radius 1 is 1.07 bits per heavy atom. The number of alkyl halides is 2. The topological polar surface area (TPSA) is 91.3 Å². The molecule has 4 bridgehead atoms. The van der Waals surface area contributed by atoms with E-state index in [-0.39, 0.29) is 18.5 Å². The van der Waals surface area contributed by atoms with Crippen LogP contribution in [0.3, 0.4) is 0 Å². The highest BCUT2D eigenvalue weighted by Crippen LogP contribution is 2.63. The zero-order valence-electron chi connectivity index (χ0n) is 16.8. The van der Waals surface area contributed by atoms with Crippen molar-refractivity contribution >= 4 is 24.0 Å². The normalized spacial score (nSPS) is 36.0. The van der Waals surface area contributed by atoms with E-state index in [1.165, 1.54) is 0 Å². The monoisotopic (exact) mass is 450 g/mol. The Kier molecular flexibility index (Phi) is 6.31. The van der Waals surface area contributed by atoms with Gasteiger partial charge in [-0.15, -0.1) is 4.33 Å². The lowest BCUT2D eigenvalue weighted by Gasteiger charge is -2.61. The zero-order chi connectivity index (χ0) is 21.4. The summed E-state index contributed by atoms with van der Waals surface area (Å²) in [7, 11) is 0. The van der Waals surface area contributed by atoms with Gasteiger partial charge in [0.05, 0.1) is 12.5 Å². The third kappa shape index (κ3) is 4.61. The van der Waals surface area contributed by atoms with Gasteiger partial charge in [0.1, 0.15) is 17.6 Å². The molecular weight excluding hydrogens is 422 g/mol. The summed E-state index contributed by atoms with van der Waals surface area (Å²) >= 11 is -0.622. The largest absolute Gasteiger partial charge is 0.460 e. The first-order valence-electron chi connectivity index (χ1n) is 10.7. The second-order valence-corrected chi connectivity index (χ2v) is 10.5. The van der Waals surface area contributed by atoms with Gasteiger partial charge in [-0.1, -0.05) is 24.3 Å². The molecule has 0 aromatic heterocycles. The van der Waals surface area contributed by atoms with Gasteiger partial charge in [0.2, 0.25) is 0 Å². The molecule has 7 nitrogen and oxygen atoms in total. The molecular formula is C20H28F2O7S. The van der Waals surface area contributed by atoms with E-state index in [4.69, 9.17) is 14.7 Å². The average Bonchev–Trinajstić information content (AvgIpc) is 2.70. The summed E-state index contributed by atoms with van der Waals surface area (Å²) in [4.78, 5) is 24.7. The van der Waals surface area contributed by atoms with Crippen molar-refractivity contribution in [2.24, 2.45) is 23.2 Å². The SMILES string of the molecule is O=C(OC12CC3CC(CC(COC(=O)C(F)(F)SOOO)(C3)C1)C2)C1CCCCC1. The Morgan fingerprint density at radius 2 is 1.73 bits per heavy atom. The summed E-state index contributed by atoms with van der Waals surface area (Å²) in [6, 6.07) is 0.